The number of benzene rings is 2. The van der Waals surface area contributed by atoms with Gasteiger partial charge in [-0.2, -0.15) is 0 Å². The van der Waals surface area contributed by atoms with Crippen LogP contribution < -0.4 is 10.2 Å². The Labute approximate surface area is 191 Å². The molecule has 8 heteroatoms. The molecule has 6 nitrogen and oxygen atoms in total. The number of furan rings is 1. The average Bonchev–Trinajstić information content (AvgIpc) is 3.21. The number of nitrogens with zero attached hydrogens (tertiary/aromatic N) is 1. The molecule has 0 bridgehead atoms. The molecule has 2 amide bonds. The van der Waals surface area contributed by atoms with Crippen molar-refractivity contribution in [1.82, 2.24) is 5.32 Å². The van der Waals surface area contributed by atoms with Crippen molar-refractivity contribution in [2.24, 2.45) is 0 Å². The lowest BCUT2D eigenvalue weighted by Gasteiger charge is -2.28. The number of hydrogen-bond acceptors (Lipinski definition) is 5. The number of thiocarbonyl (C=S) groups is 1. The lowest BCUT2D eigenvalue weighted by molar-refractivity contribution is -0.122. The Morgan fingerprint density at radius 2 is 1.71 bits per heavy atom. The van der Waals surface area contributed by atoms with Gasteiger partial charge in [0.2, 0.25) is 0 Å². The molecule has 2 aromatic carbocycles. The van der Waals surface area contributed by atoms with Gasteiger partial charge in [-0.15, -0.1) is 0 Å². The highest BCUT2D eigenvalue weighted by molar-refractivity contribution is 9.10. The zero-order valence-electron chi connectivity index (χ0n) is 16.2. The van der Waals surface area contributed by atoms with Crippen molar-refractivity contribution in [2.75, 3.05) is 4.90 Å². The molecule has 0 aliphatic carbocycles. The lowest BCUT2D eigenvalue weighted by Crippen LogP contribution is -2.54. The van der Waals surface area contributed by atoms with Crippen LogP contribution in [0.15, 0.2) is 75.1 Å². The number of hydrogen-bond donors (Lipinski definition) is 1. The van der Waals surface area contributed by atoms with E-state index in [9.17, 15) is 14.4 Å². The topological polar surface area (TPSA) is 79.6 Å². The third-order valence-electron chi connectivity index (χ3n) is 4.68. The van der Waals surface area contributed by atoms with Crippen LogP contribution in [0.3, 0.4) is 0 Å². The minimum absolute atomic E-state index is 0.0140. The van der Waals surface area contributed by atoms with E-state index in [1.165, 1.54) is 17.9 Å². The van der Waals surface area contributed by atoms with Crippen LogP contribution >= 0.6 is 28.1 Å². The summed E-state index contributed by atoms with van der Waals surface area (Å²) in [7, 11) is 0. The summed E-state index contributed by atoms with van der Waals surface area (Å²) in [5, 5.41) is 2.56. The lowest BCUT2D eigenvalue weighted by atomic mass is 10.1. The second kappa shape index (κ2) is 8.41. The van der Waals surface area contributed by atoms with Crippen LogP contribution in [0.25, 0.3) is 17.4 Å². The maximum absolute atomic E-state index is 13.0. The zero-order chi connectivity index (χ0) is 22.1. The Hall–Kier alpha value is -3.36. The molecule has 1 fully saturated rings. The molecule has 154 valence electrons. The van der Waals surface area contributed by atoms with Crippen LogP contribution in [0.2, 0.25) is 0 Å². The summed E-state index contributed by atoms with van der Waals surface area (Å²) in [6.07, 6.45) is 1.39. The third-order valence-corrected chi connectivity index (χ3v) is 5.49. The first kappa shape index (κ1) is 20.9. The average molecular weight is 495 g/mol. The highest BCUT2D eigenvalue weighted by atomic mass is 79.9. The normalized spacial score (nSPS) is 15.4. The number of halogens is 1. The van der Waals surface area contributed by atoms with Crippen LogP contribution in [-0.4, -0.2) is 22.7 Å². The van der Waals surface area contributed by atoms with E-state index in [4.69, 9.17) is 16.6 Å². The van der Waals surface area contributed by atoms with E-state index in [-0.39, 0.29) is 16.5 Å². The Kier molecular flexibility index (Phi) is 5.67. The second-order valence-corrected chi connectivity index (χ2v) is 8.07. The summed E-state index contributed by atoms with van der Waals surface area (Å²) in [5.41, 5.74) is 1.82. The van der Waals surface area contributed by atoms with Gasteiger partial charge >= 0.3 is 0 Å². The molecular weight excluding hydrogens is 480 g/mol. The van der Waals surface area contributed by atoms with Gasteiger partial charge in [0.1, 0.15) is 17.1 Å². The molecule has 2 heterocycles. The monoisotopic (exact) mass is 494 g/mol. The molecule has 1 aromatic heterocycles. The van der Waals surface area contributed by atoms with Crippen LogP contribution in [0.5, 0.6) is 0 Å². The van der Waals surface area contributed by atoms with Crippen molar-refractivity contribution in [3.05, 3.63) is 82.0 Å². The zero-order valence-corrected chi connectivity index (χ0v) is 18.6. The minimum Gasteiger partial charge on any atom is -0.457 e. The van der Waals surface area contributed by atoms with Crippen LogP contribution in [-0.2, 0) is 9.59 Å². The Balaban J connectivity index is 1.63. The summed E-state index contributed by atoms with van der Waals surface area (Å²) in [4.78, 5) is 38.2. The first-order valence-electron chi connectivity index (χ1n) is 9.22. The highest BCUT2D eigenvalue weighted by Crippen LogP contribution is 2.27. The van der Waals surface area contributed by atoms with Gasteiger partial charge in [0.05, 0.1) is 5.69 Å². The van der Waals surface area contributed by atoms with Gasteiger partial charge in [0.15, 0.2) is 10.9 Å². The molecule has 0 spiro atoms. The van der Waals surface area contributed by atoms with E-state index in [0.29, 0.717) is 22.8 Å². The number of carbonyl (C=O) groups excluding carboxylic acids is 3. The molecule has 3 aromatic rings. The van der Waals surface area contributed by atoms with Gasteiger partial charge < -0.3 is 4.42 Å². The van der Waals surface area contributed by atoms with E-state index < -0.39 is 11.8 Å². The summed E-state index contributed by atoms with van der Waals surface area (Å²) in [6.45, 7) is 1.50. The minimum atomic E-state index is -0.591. The standard InChI is InChI=1S/C23H15BrN2O4S/c1-13(27)14-2-4-15(5-3-14)20-11-10-18(30-20)12-19-21(28)25-23(31)26(22(19)29)17-8-6-16(24)7-9-17/h2-12H,1H3,(H,25,28,31)/b19-12+. The van der Waals surface area contributed by atoms with Gasteiger partial charge in [-0.1, -0.05) is 40.2 Å². The Morgan fingerprint density at radius 3 is 2.35 bits per heavy atom. The van der Waals surface area contributed by atoms with Crippen molar-refractivity contribution in [3.63, 3.8) is 0 Å². The van der Waals surface area contributed by atoms with Gasteiger partial charge in [-0.25, -0.2) is 0 Å². The van der Waals surface area contributed by atoms with Crippen molar-refractivity contribution in [2.45, 2.75) is 6.92 Å². The fourth-order valence-electron chi connectivity index (χ4n) is 3.08. The van der Waals surface area contributed by atoms with E-state index in [1.807, 2.05) is 0 Å². The van der Waals surface area contributed by atoms with E-state index in [1.54, 1.807) is 60.7 Å². The van der Waals surface area contributed by atoms with Gasteiger partial charge in [-0.05, 0) is 61.6 Å². The number of ketones is 1. The van der Waals surface area contributed by atoms with Crippen molar-refractivity contribution < 1.29 is 18.8 Å². The molecule has 1 aliphatic rings. The molecule has 0 unspecified atom stereocenters. The predicted molar refractivity (Wildman–Crippen MR) is 124 cm³/mol. The third kappa shape index (κ3) is 4.26. The molecule has 4 rings (SSSR count). The Morgan fingerprint density at radius 1 is 1.03 bits per heavy atom. The highest BCUT2D eigenvalue weighted by Gasteiger charge is 2.34. The summed E-state index contributed by atoms with van der Waals surface area (Å²) in [5.74, 6) is -0.267. The molecule has 1 aliphatic heterocycles. The fourth-order valence-corrected chi connectivity index (χ4v) is 3.62. The molecule has 0 saturated carbocycles. The van der Waals surface area contributed by atoms with E-state index in [0.717, 1.165) is 10.0 Å². The number of nitrogens with one attached hydrogen (secondary N) is 1. The molecular formula is C23H15BrN2O4S. The number of anilines is 1. The fraction of sp³-hybridized carbons (Fsp3) is 0.0435. The maximum atomic E-state index is 13.0. The SMILES string of the molecule is CC(=O)c1ccc(-c2ccc(/C=C3\C(=O)NC(=S)N(c4ccc(Br)cc4)C3=O)o2)cc1. The van der Waals surface area contributed by atoms with Gasteiger partial charge in [-0.3, -0.25) is 24.6 Å². The predicted octanol–water partition coefficient (Wildman–Crippen LogP) is 4.74. The first-order valence-corrected chi connectivity index (χ1v) is 10.4. The molecule has 1 saturated heterocycles. The van der Waals surface area contributed by atoms with Crippen LogP contribution in [0.1, 0.15) is 23.0 Å². The smallest absolute Gasteiger partial charge is 0.270 e. The molecule has 0 atom stereocenters. The second-order valence-electron chi connectivity index (χ2n) is 6.77. The van der Waals surface area contributed by atoms with E-state index >= 15 is 0 Å². The number of carbonyl (C=O) groups is 3. The number of rotatable bonds is 4. The molecule has 0 radical (unpaired) electrons. The number of Topliss-reactive ketones (excluding diaryl/α,β-unsaturated/α-hetero) is 1. The summed E-state index contributed by atoms with van der Waals surface area (Å²) in [6, 6.07) is 17.4. The van der Waals surface area contributed by atoms with Crippen molar-refractivity contribution in [1.29, 1.82) is 0 Å². The Bertz CT molecular complexity index is 1240. The molecule has 1 N–H and O–H groups in total. The largest absolute Gasteiger partial charge is 0.457 e. The first-order chi connectivity index (χ1) is 14.8. The summed E-state index contributed by atoms with van der Waals surface area (Å²) < 4.78 is 6.65. The van der Waals surface area contributed by atoms with Gasteiger partial charge in [0, 0.05) is 15.6 Å². The van der Waals surface area contributed by atoms with Crippen LogP contribution in [0, 0.1) is 0 Å². The molecule has 31 heavy (non-hydrogen) atoms. The quantitative estimate of drug-likeness (QED) is 0.245. The van der Waals surface area contributed by atoms with Crippen LogP contribution in [0.4, 0.5) is 5.69 Å². The number of amides is 2. The summed E-state index contributed by atoms with van der Waals surface area (Å²) >= 11 is 8.55. The van der Waals surface area contributed by atoms with Crippen molar-refractivity contribution in [3.8, 4) is 11.3 Å². The maximum Gasteiger partial charge on any atom is 0.270 e. The van der Waals surface area contributed by atoms with Crippen molar-refractivity contribution >= 4 is 62.6 Å². The van der Waals surface area contributed by atoms with E-state index in [2.05, 4.69) is 21.2 Å². The van der Waals surface area contributed by atoms with Gasteiger partial charge in [0.25, 0.3) is 11.8 Å².